The second kappa shape index (κ2) is 5.35. The van der Waals surface area contributed by atoms with E-state index in [-0.39, 0.29) is 17.3 Å². The van der Waals surface area contributed by atoms with E-state index in [2.05, 4.69) is 38.1 Å². The quantitative estimate of drug-likeness (QED) is 0.747. The maximum Gasteiger partial charge on any atom is 0.143 e. The third kappa shape index (κ3) is 2.43. The first-order chi connectivity index (χ1) is 9.59. The van der Waals surface area contributed by atoms with Crippen LogP contribution in [0.15, 0.2) is 24.3 Å². The molecule has 0 amide bonds. The Morgan fingerprint density at radius 3 is 2.70 bits per heavy atom. The topological polar surface area (TPSA) is 17.1 Å². The van der Waals surface area contributed by atoms with Crippen molar-refractivity contribution in [2.24, 2.45) is 11.3 Å². The summed E-state index contributed by atoms with van der Waals surface area (Å²) in [5.41, 5.74) is 2.93. The highest BCUT2D eigenvalue weighted by Gasteiger charge is 2.40. The van der Waals surface area contributed by atoms with Gasteiger partial charge >= 0.3 is 0 Å². The van der Waals surface area contributed by atoms with E-state index in [4.69, 9.17) is 0 Å². The van der Waals surface area contributed by atoms with Crippen molar-refractivity contribution in [3.05, 3.63) is 35.4 Å². The molecule has 0 spiro atoms. The van der Waals surface area contributed by atoms with Crippen molar-refractivity contribution in [3.63, 3.8) is 0 Å². The molecule has 0 bridgehead atoms. The molecule has 20 heavy (non-hydrogen) atoms. The summed E-state index contributed by atoms with van der Waals surface area (Å²) in [5.74, 6) is 0.969. The highest BCUT2D eigenvalue weighted by Crippen LogP contribution is 2.45. The lowest BCUT2D eigenvalue weighted by atomic mass is 9.63. The van der Waals surface area contributed by atoms with Gasteiger partial charge in [-0.05, 0) is 48.6 Å². The highest BCUT2D eigenvalue weighted by molar-refractivity contribution is 5.89. The Hall–Kier alpha value is -1.11. The normalized spacial score (nSPS) is 28.7. The molecule has 2 aliphatic rings. The average Bonchev–Trinajstić information content (AvgIpc) is 2.45. The molecule has 1 fully saturated rings. The van der Waals surface area contributed by atoms with Crippen molar-refractivity contribution in [3.8, 4) is 0 Å². The molecule has 0 heterocycles. The van der Waals surface area contributed by atoms with Crippen LogP contribution in [-0.4, -0.2) is 5.78 Å². The van der Waals surface area contributed by atoms with E-state index >= 15 is 0 Å². The van der Waals surface area contributed by atoms with Crippen molar-refractivity contribution in [2.75, 3.05) is 0 Å². The van der Waals surface area contributed by atoms with Crippen molar-refractivity contribution in [2.45, 2.75) is 64.7 Å². The van der Waals surface area contributed by atoms with Gasteiger partial charge in [0.15, 0.2) is 0 Å². The lowest BCUT2D eigenvalue weighted by Crippen LogP contribution is -2.37. The summed E-state index contributed by atoms with van der Waals surface area (Å²) in [6, 6.07) is 8.60. The van der Waals surface area contributed by atoms with E-state index in [1.165, 1.54) is 36.8 Å². The van der Waals surface area contributed by atoms with Gasteiger partial charge < -0.3 is 0 Å². The maximum absolute atomic E-state index is 13.1. The summed E-state index contributed by atoms with van der Waals surface area (Å²) in [6.45, 7) is 4.59. The molecule has 0 aliphatic heterocycles. The second-order valence-corrected chi connectivity index (χ2v) is 7.33. The zero-order valence-corrected chi connectivity index (χ0v) is 12.8. The van der Waals surface area contributed by atoms with Gasteiger partial charge in [-0.15, -0.1) is 0 Å². The second-order valence-electron chi connectivity index (χ2n) is 7.33. The van der Waals surface area contributed by atoms with Gasteiger partial charge in [-0.1, -0.05) is 51.0 Å². The number of carbonyl (C=O) groups is 1. The van der Waals surface area contributed by atoms with E-state index in [9.17, 15) is 4.79 Å². The Balaban J connectivity index is 1.88. The van der Waals surface area contributed by atoms with Crippen molar-refractivity contribution in [1.29, 1.82) is 0 Å². The molecular formula is C19H26O. The number of aryl methyl sites for hydroxylation is 1. The van der Waals surface area contributed by atoms with E-state index in [0.717, 1.165) is 19.3 Å². The minimum absolute atomic E-state index is 0.169. The lowest BCUT2D eigenvalue weighted by Gasteiger charge is -2.40. The maximum atomic E-state index is 13.1. The molecule has 3 rings (SSSR count). The monoisotopic (exact) mass is 270 g/mol. The van der Waals surface area contributed by atoms with Crippen LogP contribution in [0.3, 0.4) is 0 Å². The smallest absolute Gasteiger partial charge is 0.143 e. The van der Waals surface area contributed by atoms with E-state index in [1.807, 2.05) is 0 Å². The zero-order valence-electron chi connectivity index (χ0n) is 12.8. The van der Waals surface area contributed by atoms with Crippen LogP contribution in [0.2, 0.25) is 0 Å². The third-order valence-corrected chi connectivity index (χ3v) is 5.56. The van der Waals surface area contributed by atoms with Crippen LogP contribution in [-0.2, 0) is 11.2 Å². The van der Waals surface area contributed by atoms with Gasteiger partial charge in [0.25, 0.3) is 0 Å². The molecule has 1 aromatic carbocycles. The molecule has 0 radical (unpaired) electrons. The number of fused-ring (bicyclic) bond motifs is 1. The van der Waals surface area contributed by atoms with Crippen LogP contribution in [0, 0.1) is 11.3 Å². The van der Waals surface area contributed by atoms with Gasteiger partial charge in [-0.2, -0.15) is 0 Å². The van der Waals surface area contributed by atoms with E-state index < -0.39 is 0 Å². The van der Waals surface area contributed by atoms with Crippen molar-refractivity contribution in [1.82, 2.24) is 0 Å². The van der Waals surface area contributed by atoms with Gasteiger partial charge in [0.2, 0.25) is 0 Å². The predicted molar refractivity (Wildman–Crippen MR) is 82.9 cm³/mol. The Kier molecular flexibility index (Phi) is 3.70. The van der Waals surface area contributed by atoms with E-state index in [0.29, 0.717) is 5.78 Å². The first-order valence-corrected chi connectivity index (χ1v) is 8.21. The van der Waals surface area contributed by atoms with Gasteiger partial charge in [-0.3, -0.25) is 4.79 Å². The number of Topliss-reactive ketones (excluding diaryl/α,β-unsaturated/α-hetero) is 1. The molecule has 1 heteroatoms. The summed E-state index contributed by atoms with van der Waals surface area (Å²) in [4.78, 5) is 13.1. The largest absolute Gasteiger partial charge is 0.299 e. The minimum Gasteiger partial charge on any atom is -0.299 e. The molecule has 2 aliphatic carbocycles. The molecule has 0 saturated heterocycles. The van der Waals surface area contributed by atoms with E-state index in [1.54, 1.807) is 0 Å². The number of hydrogen-bond acceptors (Lipinski definition) is 1. The van der Waals surface area contributed by atoms with Crippen LogP contribution in [0.25, 0.3) is 0 Å². The molecule has 108 valence electrons. The first-order valence-electron chi connectivity index (χ1n) is 8.21. The highest BCUT2D eigenvalue weighted by atomic mass is 16.1. The summed E-state index contributed by atoms with van der Waals surface area (Å²) in [7, 11) is 0. The van der Waals surface area contributed by atoms with Gasteiger partial charge in [0.1, 0.15) is 5.78 Å². The first kappa shape index (κ1) is 13.9. The standard InChI is InChI=1S/C19H26O/c1-19(2)13-6-5-12-17(19)18(20)16-11-7-9-14-8-3-4-10-15(14)16/h3-4,8,10,16-17H,5-7,9,11-13H2,1-2H3. The number of ketones is 1. The van der Waals surface area contributed by atoms with Gasteiger partial charge in [-0.25, -0.2) is 0 Å². The predicted octanol–water partition coefficient (Wildman–Crippen LogP) is 4.89. The molecule has 2 unspecified atom stereocenters. The van der Waals surface area contributed by atoms with Crippen LogP contribution >= 0.6 is 0 Å². The molecular weight excluding hydrogens is 244 g/mol. The lowest BCUT2D eigenvalue weighted by molar-refractivity contribution is -0.129. The number of hydrogen-bond donors (Lipinski definition) is 0. The summed E-state index contributed by atoms with van der Waals surface area (Å²) < 4.78 is 0. The number of carbonyl (C=O) groups excluding carboxylic acids is 1. The van der Waals surface area contributed by atoms with Crippen LogP contribution in [0.5, 0.6) is 0 Å². The zero-order chi connectivity index (χ0) is 14.2. The molecule has 2 atom stereocenters. The van der Waals surface area contributed by atoms with Crippen LogP contribution in [0.1, 0.15) is 69.4 Å². The Labute approximate surface area is 122 Å². The third-order valence-electron chi connectivity index (χ3n) is 5.56. The summed E-state index contributed by atoms with van der Waals surface area (Å²) in [5, 5.41) is 0. The van der Waals surface area contributed by atoms with Crippen LogP contribution in [0.4, 0.5) is 0 Å². The summed E-state index contributed by atoms with van der Waals surface area (Å²) in [6.07, 6.45) is 8.20. The molecule has 0 aromatic heterocycles. The Bertz CT molecular complexity index is 500. The number of benzene rings is 1. The molecule has 0 N–H and O–H groups in total. The molecule has 1 aromatic rings. The minimum atomic E-state index is 0.169. The van der Waals surface area contributed by atoms with Gasteiger partial charge in [0, 0.05) is 11.8 Å². The number of rotatable bonds is 2. The Morgan fingerprint density at radius 2 is 1.90 bits per heavy atom. The SMILES string of the molecule is CC1(C)CCCCC1C(=O)C1CCCc2ccccc21. The summed E-state index contributed by atoms with van der Waals surface area (Å²) >= 11 is 0. The fourth-order valence-electron chi connectivity index (χ4n) is 4.31. The van der Waals surface area contributed by atoms with Crippen molar-refractivity contribution < 1.29 is 4.79 Å². The fraction of sp³-hybridized carbons (Fsp3) is 0.632. The molecule has 1 saturated carbocycles. The van der Waals surface area contributed by atoms with Gasteiger partial charge in [0.05, 0.1) is 0 Å². The van der Waals surface area contributed by atoms with Crippen molar-refractivity contribution >= 4 is 5.78 Å². The van der Waals surface area contributed by atoms with Crippen LogP contribution < -0.4 is 0 Å². The molecule has 1 nitrogen and oxygen atoms in total. The average molecular weight is 270 g/mol. The Morgan fingerprint density at radius 1 is 1.10 bits per heavy atom. The fourth-order valence-corrected chi connectivity index (χ4v) is 4.31.